The van der Waals surface area contributed by atoms with E-state index in [4.69, 9.17) is 19.3 Å². The van der Waals surface area contributed by atoms with Crippen LogP contribution < -0.4 is 19.2 Å². The van der Waals surface area contributed by atoms with Gasteiger partial charge in [-0.1, -0.05) is 42.5 Å². The molecule has 2 amide bonds. The second kappa shape index (κ2) is 14.8. The molecule has 2 atom stereocenters. The first-order chi connectivity index (χ1) is 22.3. The van der Waals surface area contributed by atoms with Gasteiger partial charge in [0.05, 0.1) is 51.7 Å². The highest BCUT2D eigenvalue weighted by Gasteiger charge is 2.40. The molecule has 1 fully saturated rings. The van der Waals surface area contributed by atoms with E-state index in [9.17, 15) is 20.1 Å². The third-order valence-electron chi connectivity index (χ3n) is 7.92. The molecule has 11 nitrogen and oxygen atoms in total. The van der Waals surface area contributed by atoms with Gasteiger partial charge in [-0.2, -0.15) is 0 Å². The maximum atomic E-state index is 14.8. The number of β-amino-alcohol motifs (C(OH)–C–C–N with tert-alkyl or cyclic N) is 1. The van der Waals surface area contributed by atoms with Gasteiger partial charge in [-0.3, -0.25) is 5.01 Å². The molecule has 0 aliphatic carbocycles. The predicted molar refractivity (Wildman–Crippen MR) is 172 cm³/mol. The number of ether oxygens (including phenoxy) is 3. The minimum Gasteiger partial charge on any atom is -0.504 e. The normalized spacial score (nSPS) is 16.7. The van der Waals surface area contributed by atoms with Gasteiger partial charge in [-0.05, 0) is 71.6 Å². The number of hydrogen-bond donors (Lipinski definition) is 4. The molecule has 1 saturated heterocycles. The number of amides is 2. The molecule has 242 valence electrons. The van der Waals surface area contributed by atoms with E-state index in [0.29, 0.717) is 29.0 Å². The smallest absolute Gasteiger partial charge is 0.339 e. The quantitative estimate of drug-likeness (QED) is 0.181. The van der Waals surface area contributed by atoms with Crippen molar-refractivity contribution in [2.24, 2.45) is 0 Å². The summed E-state index contributed by atoms with van der Waals surface area (Å²) < 4.78 is 16.2. The first-order valence-electron chi connectivity index (χ1n) is 14.9. The lowest BCUT2D eigenvalue weighted by Gasteiger charge is -2.37. The lowest BCUT2D eigenvalue weighted by atomic mass is 9.99. The molecule has 0 bridgehead atoms. The minimum absolute atomic E-state index is 0.0187. The largest absolute Gasteiger partial charge is 0.504 e. The molecule has 0 aromatic heterocycles. The lowest BCUT2D eigenvalue weighted by molar-refractivity contribution is 0.0751. The fourth-order valence-electron chi connectivity index (χ4n) is 5.57. The molecule has 11 heteroatoms. The number of anilines is 1. The maximum absolute atomic E-state index is 14.8. The first kappa shape index (κ1) is 32.3. The number of hydrazine groups is 1. The van der Waals surface area contributed by atoms with Crippen LogP contribution in [0.5, 0.6) is 28.7 Å². The van der Waals surface area contributed by atoms with Crippen molar-refractivity contribution in [2.75, 3.05) is 39.0 Å². The van der Waals surface area contributed by atoms with Crippen LogP contribution in [0, 0.1) is 0 Å². The molecule has 1 aliphatic rings. The van der Waals surface area contributed by atoms with Crippen LogP contribution in [-0.2, 0) is 19.5 Å². The van der Waals surface area contributed by atoms with Crippen molar-refractivity contribution in [2.45, 2.75) is 31.7 Å². The predicted octanol–water partition coefficient (Wildman–Crippen LogP) is 4.32. The number of carbonyl (C=O) groups is 1. The SMILES string of the molecule is COc1cc(CN2C(=O)N(Cc3ccc(O)c(OC)c3)N(c3ccc(OCCO)cc3)C[C@@H](O)[C@H]2Cc2ccccc2)ccc1O. The van der Waals surface area contributed by atoms with Crippen LogP contribution in [0.25, 0.3) is 0 Å². The number of benzene rings is 4. The monoisotopic (exact) mass is 629 g/mol. The Morgan fingerprint density at radius 1 is 0.783 bits per heavy atom. The second-order valence-corrected chi connectivity index (χ2v) is 11.0. The van der Waals surface area contributed by atoms with E-state index in [1.54, 1.807) is 63.4 Å². The molecular formula is C35H39N3O8. The summed E-state index contributed by atoms with van der Waals surface area (Å²) in [4.78, 5) is 16.5. The molecule has 1 heterocycles. The standard InChI is InChI=1S/C35H39N3O8/c1-44-33-19-25(8-14-30(33)40)21-36-29(18-24-6-4-3-5-7-24)32(42)23-37(27-10-12-28(13-11-27)46-17-16-39)38(35(36)43)22-26-9-15-31(41)34(20-26)45-2/h3-15,19-20,29,32,39-42H,16-18,21-23H2,1-2H3/t29-,32-/m1/s1. The van der Waals surface area contributed by atoms with Crippen molar-refractivity contribution in [3.05, 3.63) is 108 Å². The van der Waals surface area contributed by atoms with E-state index in [1.807, 2.05) is 30.3 Å². The van der Waals surface area contributed by atoms with Crippen molar-refractivity contribution >= 4 is 11.7 Å². The summed E-state index contributed by atoms with van der Waals surface area (Å²) >= 11 is 0. The molecule has 4 N–H and O–H groups in total. The number of aliphatic hydroxyl groups excluding tert-OH is 2. The van der Waals surface area contributed by atoms with E-state index < -0.39 is 12.1 Å². The summed E-state index contributed by atoms with van der Waals surface area (Å²) in [6.45, 7) is 0.335. The summed E-state index contributed by atoms with van der Waals surface area (Å²) in [6.07, 6.45) is -0.584. The third kappa shape index (κ3) is 7.39. The first-order valence-corrected chi connectivity index (χ1v) is 14.9. The Balaban J connectivity index is 1.59. The van der Waals surface area contributed by atoms with Crippen LogP contribution in [0.15, 0.2) is 91.0 Å². The van der Waals surface area contributed by atoms with Gasteiger partial charge in [0.2, 0.25) is 0 Å². The average molecular weight is 630 g/mol. The van der Waals surface area contributed by atoms with Crippen molar-refractivity contribution in [1.82, 2.24) is 9.91 Å². The van der Waals surface area contributed by atoms with E-state index in [2.05, 4.69) is 0 Å². The zero-order chi connectivity index (χ0) is 32.6. The molecule has 0 spiro atoms. The van der Waals surface area contributed by atoms with Crippen LogP contribution >= 0.6 is 0 Å². The van der Waals surface area contributed by atoms with E-state index in [0.717, 1.165) is 5.56 Å². The number of nitrogens with zero attached hydrogens (tertiary/aromatic N) is 3. The van der Waals surface area contributed by atoms with Crippen LogP contribution in [0.1, 0.15) is 16.7 Å². The highest BCUT2D eigenvalue weighted by atomic mass is 16.5. The van der Waals surface area contributed by atoms with Gasteiger partial charge < -0.3 is 39.5 Å². The topological polar surface area (TPSA) is 135 Å². The zero-order valence-electron chi connectivity index (χ0n) is 25.8. The van der Waals surface area contributed by atoms with Gasteiger partial charge in [-0.25, -0.2) is 9.80 Å². The number of urea groups is 1. The lowest BCUT2D eigenvalue weighted by Crippen LogP contribution is -2.51. The van der Waals surface area contributed by atoms with Crippen molar-refractivity contribution in [1.29, 1.82) is 0 Å². The van der Waals surface area contributed by atoms with Gasteiger partial charge >= 0.3 is 6.03 Å². The fraction of sp³-hybridized carbons (Fsp3) is 0.286. The van der Waals surface area contributed by atoms with Gasteiger partial charge in [0.25, 0.3) is 0 Å². The van der Waals surface area contributed by atoms with E-state index in [1.165, 1.54) is 26.4 Å². The van der Waals surface area contributed by atoms with Crippen LogP contribution in [0.3, 0.4) is 0 Å². The highest BCUT2D eigenvalue weighted by molar-refractivity contribution is 5.78. The van der Waals surface area contributed by atoms with Crippen molar-refractivity contribution in [3.63, 3.8) is 0 Å². The number of aromatic hydroxyl groups is 2. The minimum atomic E-state index is -0.979. The van der Waals surface area contributed by atoms with Crippen molar-refractivity contribution in [3.8, 4) is 28.7 Å². The number of methoxy groups -OCH3 is 2. The third-order valence-corrected chi connectivity index (χ3v) is 7.92. The van der Waals surface area contributed by atoms with Crippen LogP contribution in [0.4, 0.5) is 10.5 Å². The number of phenols is 2. The number of aliphatic hydroxyl groups is 2. The number of phenolic OH excluding ortho intramolecular Hbond substituents is 2. The Morgan fingerprint density at radius 2 is 1.39 bits per heavy atom. The number of hydrogen-bond acceptors (Lipinski definition) is 9. The Kier molecular flexibility index (Phi) is 10.4. The van der Waals surface area contributed by atoms with Crippen LogP contribution in [-0.4, -0.2) is 82.5 Å². The number of rotatable bonds is 12. The average Bonchev–Trinajstić information content (AvgIpc) is 3.16. The second-order valence-electron chi connectivity index (χ2n) is 11.0. The van der Waals surface area contributed by atoms with Gasteiger partial charge in [0.15, 0.2) is 23.0 Å². The summed E-state index contributed by atoms with van der Waals surface area (Å²) in [6, 6.07) is 25.6. The molecule has 0 saturated carbocycles. The maximum Gasteiger partial charge on any atom is 0.339 e. The van der Waals surface area contributed by atoms with Gasteiger partial charge in [0.1, 0.15) is 12.4 Å². The molecule has 4 aromatic rings. The van der Waals surface area contributed by atoms with E-state index in [-0.39, 0.29) is 61.9 Å². The molecule has 0 radical (unpaired) electrons. The van der Waals surface area contributed by atoms with E-state index >= 15 is 0 Å². The van der Waals surface area contributed by atoms with Crippen LogP contribution in [0.2, 0.25) is 0 Å². The summed E-state index contributed by atoms with van der Waals surface area (Å²) in [7, 11) is 2.92. The van der Waals surface area contributed by atoms with Gasteiger partial charge in [0, 0.05) is 6.54 Å². The molecule has 1 aliphatic heterocycles. The molecule has 5 rings (SSSR count). The Hall–Kier alpha value is -5.13. The fourth-order valence-corrected chi connectivity index (χ4v) is 5.57. The molecule has 0 unspecified atom stereocenters. The molecular weight excluding hydrogens is 590 g/mol. The summed E-state index contributed by atoms with van der Waals surface area (Å²) in [5.74, 6) is 1.06. The van der Waals surface area contributed by atoms with Gasteiger partial charge in [-0.15, -0.1) is 0 Å². The highest BCUT2D eigenvalue weighted by Crippen LogP contribution is 2.33. The summed E-state index contributed by atoms with van der Waals surface area (Å²) in [5.41, 5.74) is 3.00. The molecule has 4 aromatic carbocycles. The van der Waals surface area contributed by atoms with Crippen molar-refractivity contribution < 1.29 is 39.4 Å². The Labute approximate surface area is 268 Å². The Bertz CT molecular complexity index is 1600. The summed E-state index contributed by atoms with van der Waals surface area (Å²) in [5, 5.41) is 44.8. The molecule has 46 heavy (non-hydrogen) atoms. The Morgan fingerprint density at radius 3 is 1.98 bits per heavy atom. The number of carbonyl (C=O) groups excluding carboxylic acids is 1. The zero-order valence-corrected chi connectivity index (χ0v) is 25.8.